The number of hydrogen-bond acceptors (Lipinski definition) is 1. The highest BCUT2D eigenvalue weighted by Crippen LogP contribution is 2.29. The Balaban J connectivity index is 0.00000225. The first-order valence-electron chi connectivity index (χ1n) is 4.46. The Kier molecular flexibility index (Phi) is 5.94. The van der Waals surface area contributed by atoms with Gasteiger partial charge in [0.15, 0.2) is 0 Å². The Morgan fingerprint density at radius 2 is 1.94 bits per heavy atom. The minimum atomic E-state index is -0.662. The number of rotatable bonds is 3. The highest BCUT2D eigenvalue weighted by atomic mass is 35.5. The van der Waals surface area contributed by atoms with Gasteiger partial charge in [0.25, 0.3) is 0 Å². The van der Waals surface area contributed by atoms with Crippen LogP contribution in [0.2, 0.25) is 5.02 Å². The zero-order chi connectivity index (χ0) is 11.6. The smallest absolute Gasteiger partial charge is 0.142 e. The number of hydrogen-bond donors (Lipinski definition) is 1. The predicted molar refractivity (Wildman–Crippen MR) is 65.0 cm³/mol. The first-order chi connectivity index (χ1) is 6.93. The van der Waals surface area contributed by atoms with Crippen LogP contribution in [0.25, 0.3) is 0 Å². The van der Waals surface area contributed by atoms with Crippen LogP contribution in [0.4, 0.5) is 8.78 Å². The summed E-state index contributed by atoms with van der Waals surface area (Å²) in [6, 6.07) is 1.34. The molecular weight excluding hydrogens is 255 g/mol. The minimum Gasteiger partial charge on any atom is -0.324 e. The maximum absolute atomic E-state index is 13.4. The van der Waals surface area contributed by atoms with Gasteiger partial charge in [0.05, 0.1) is 5.02 Å². The second-order valence-electron chi connectivity index (χ2n) is 3.52. The Labute approximate surface area is 105 Å². The average molecular weight is 268 g/mol. The Morgan fingerprint density at radius 3 is 2.44 bits per heavy atom. The van der Waals surface area contributed by atoms with Crippen LogP contribution in [0.3, 0.4) is 0 Å². The van der Waals surface area contributed by atoms with Crippen LogP contribution in [0.5, 0.6) is 0 Å². The summed E-state index contributed by atoms with van der Waals surface area (Å²) in [5, 5.41) is -0.247. The van der Waals surface area contributed by atoms with Crippen LogP contribution in [0, 0.1) is 11.6 Å². The van der Waals surface area contributed by atoms with E-state index in [0.717, 1.165) is 17.7 Å². The molecule has 0 heterocycles. The number of nitrogens with two attached hydrogens (primary N) is 1. The van der Waals surface area contributed by atoms with E-state index in [1.165, 1.54) is 0 Å². The Morgan fingerprint density at radius 1 is 1.44 bits per heavy atom. The fourth-order valence-electron chi connectivity index (χ4n) is 1.36. The second kappa shape index (κ2) is 6.18. The normalized spacial score (nSPS) is 11.8. The van der Waals surface area contributed by atoms with Gasteiger partial charge in [0.1, 0.15) is 11.6 Å². The largest absolute Gasteiger partial charge is 0.324 e. The molecule has 1 aromatic rings. The number of halogens is 4. The van der Waals surface area contributed by atoms with Crippen molar-refractivity contribution in [3.05, 3.63) is 46.5 Å². The summed E-state index contributed by atoms with van der Waals surface area (Å²) < 4.78 is 26.5. The molecule has 1 nitrogen and oxygen atoms in total. The van der Waals surface area contributed by atoms with E-state index in [-0.39, 0.29) is 23.0 Å². The van der Waals surface area contributed by atoms with E-state index in [1.807, 2.05) is 0 Å². The van der Waals surface area contributed by atoms with E-state index in [0.29, 0.717) is 6.42 Å². The summed E-state index contributed by atoms with van der Waals surface area (Å²) in [4.78, 5) is 0. The third kappa shape index (κ3) is 3.44. The van der Waals surface area contributed by atoms with E-state index in [1.54, 1.807) is 6.92 Å². The molecule has 0 saturated heterocycles. The van der Waals surface area contributed by atoms with Crippen molar-refractivity contribution in [2.45, 2.75) is 19.4 Å². The van der Waals surface area contributed by atoms with Crippen LogP contribution in [0.15, 0.2) is 24.3 Å². The van der Waals surface area contributed by atoms with Crippen LogP contribution in [0.1, 0.15) is 24.9 Å². The molecule has 16 heavy (non-hydrogen) atoms. The van der Waals surface area contributed by atoms with Crippen molar-refractivity contribution < 1.29 is 8.78 Å². The molecule has 0 amide bonds. The SMILES string of the molecule is C=C(C)C[C@H](N)c1c(F)ccc(F)c1Cl.Cl. The van der Waals surface area contributed by atoms with Gasteiger partial charge in [-0.2, -0.15) is 0 Å². The van der Waals surface area contributed by atoms with E-state index >= 15 is 0 Å². The molecule has 0 aromatic heterocycles. The van der Waals surface area contributed by atoms with Gasteiger partial charge in [0.2, 0.25) is 0 Å². The van der Waals surface area contributed by atoms with E-state index < -0.39 is 17.7 Å². The quantitative estimate of drug-likeness (QED) is 0.650. The molecule has 0 aliphatic rings. The minimum absolute atomic E-state index is 0. The van der Waals surface area contributed by atoms with Crippen LogP contribution in [-0.4, -0.2) is 0 Å². The number of benzene rings is 1. The summed E-state index contributed by atoms with van der Waals surface area (Å²) in [5.74, 6) is -1.25. The molecule has 0 unspecified atom stereocenters. The lowest BCUT2D eigenvalue weighted by molar-refractivity contribution is 0.561. The lowest BCUT2D eigenvalue weighted by atomic mass is 10.0. The van der Waals surface area contributed by atoms with Crippen molar-refractivity contribution in [1.29, 1.82) is 0 Å². The summed E-state index contributed by atoms with van der Waals surface area (Å²) in [7, 11) is 0. The van der Waals surface area contributed by atoms with Gasteiger partial charge in [-0.1, -0.05) is 17.2 Å². The van der Waals surface area contributed by atoms with Gasteiger partial charge in [0, 0.05) is 11.6 Å². The molecule has 1 rings (SSSR count). The van der Waals surface area contributed by atoms with Gasteiger partial charge in [-0.3, -0.25) is 0 Å². The molecule has 0 radical (unpaired) electrons. The molecular formula is C11H13Cl2F2N. The Hall–Kier alpha value is -0.640. The van der Waals surface area contributed by atoms with Crippen molar-refractivity contribution in [1.82, 2.24) is 0 Å². The molecule has 5 heteroatoms. The van der Waals surface area contributed by atoms with Gasteiger partial charge >= 0.3 is 0 Å². The molecule has 2 N–H and O–H groups in total. The average Bonchev–Trinajstić information content (AvgIpc) is 2.11. The highest BCUT2D eigenvalue weighted by Gasteiger charge is 2.18. The van der Waals surface area contributed by atoms with Crippen molar-refractivity contribution >= 4 is 24.0 Å². The molecule has 90 valence electrons. The fraction of sp³-hybridized carbons (Fsp3) is 0.273. The molecule has 1 atom stereocenters. The van der Waals surface area contributed by atoms with Crippen LogP contribution in [-0.2, 0) is 0 Å². The molecule has 0 saturated carbocycles. The predicted octanol–water partition coefficient (Wildman–Crippen LogP) is 4.01. The first-order valence-corrected chi connectivity index (χ1v) is 4.84. The van der Waals surface area contributed by atoms with Crippen molar-refractivity contribution in [2.24, 2.45) is 5.73 Å². The molecule has 1 aromatic carbocycles. The first kappa shape index (κ1) is 15.4. The zero-order valence-corrected chi connectivity index (χ0v) is 10.3. The second-order valence-corrected chi connectivity index (χ2v) is 3.90. The third-order valence-corrected chi connectivity index (χ3v) is 2.40. The highest BCUT2D eigenvalue weighted by molar-refractivity contribution is 6.31. The van der Waals surface area contributed by atoms with Crippen molar-refractivity contribution in [2.75, 3.05) is 0 Å². The van der Waals surface area contributed by atoms with Gasteiger partial charge in [-0.15, -0.1) is 19.0 Å². The lowest BCUT2D eigenvalue weighted by Crippen LogP contribution is -2.13. The van der Waals surface area contributed by atoms with E-state index in [2.05, 4.69) is 6.58 Å². The zero-order valence-electron chi connectivity index (χ0n) is 8.77. The third-order valence-electron chi connectivity index (χ3n) is 2.02. The molecule has 0 aliphatic carbocycles. The molecule has 0 fully saturated rings. The van der Waals surface area contributed by atoms with Crippen molar-refractivity contribution in [3.8, 4) is 0 Å². The summed E-state index contributed by atoms with van der Waals surface area (Å²) >= 11 is 5.65. The van der Waals surface area contributed by atoms with E-state index in [4.69, 9.17) is 17.3 Å². The van der Waals surface area contributed by atoms with Gasteiger partial charge < -0.3 is 5.73 Å². The van der Waals surface area contributed by atoms with Gasteiger partial charge in [-0.05, 0) is 25.5 Å². The molecule has 0 spiro atoms. The maximum Gasteiger partial charge on any atom is 0.142 e. The molecule has 0 aliphatic heterocycles. The fourth-order valence-corrected chi connectivity index (χ4v) is 1.65. The summed E-state index contributed by atoms with van der Waals surface area (Å²) in [6.07, 6.45) is 0.375. The standard InChI is InChI=1S/C11H12ClF2N.ClH/c1-6(2)5-9(15)10-7(13)3-4-8(14)11(10)12;/h3-4,9H,1,5,15H2,2H3;1H/t9-;/m0./s1. The summed E-state index contributed by atoms with van der Waals surface area (Å²) in [6.45, 7) is 5.43. The monoisotopic (exact) mass is 267 g/mol. The topological polar surface area (TPSA) is 26.0 Å². The lowest BCUT2D eigenvalue weighted by Gasteiger charge is -2.14. The van der Waals surface area contributed by atoms with Gasteiger partial charge in [-0.25, -0.2) is 8.78 Å². The summed E-state index contributed by atoms with van der Waals surface area (Å²) in [5.41, 5.74) is 6.52. The van der Waals surface area contributed by atoms with E-state index in [9.17, 15) is 8.78 Å². The molecule has 0 bridgehead atoms. The maximum atomic E-state index is 13.4. The van der Waals surface area contributed by atoms with Crippen LogP contribution >= 0.6 is 24.0 Å². The van der Waals surface area contributed by atoms with Crippen molar-refractivity contribution in [3.63, 3.8) is 0 Å². The van der Waals surface area contributed by atoms with Crippen LogP contribution < -0.4 is 5.73 Å². The Bertz CT molecular complexity index is 394.